The van der Waals surface area contributed by atoms with Crippen molar-refractivity contribution in [1.82, 2.24) is 10.2 Å². The summed E-state index contributed by atoms with van der Waals surface area (Å²) in [5.74, 6) is -1.23. The summed E-state index contributed by atoms with van der Waals surface area (Å²) >= 11 is 3.40. The van der Waals surface area contributed by atoms with E-state index in [1.165, 1.54) is 29.2 Å². The Labute approximate surface area is 249 Å². The molecule has 1 atom stereocenters. The minimum Gasteiger partial charge on any atom is -0.352 e. The fraction of sp³-hybridized carbons (Fsp3) is 0.355. The van der Waals surface area contributed by atoms with Crippen molar-refractivity contribution in [1.29, 1.82) is 0 Å². The Morgan fingerprint density at radius 1 is 1.02 bits per heavy atom. The average molecular weight is 645 g/mol. The Balaban J connectivity index is 1.71. The van der Waals surface area contributed by atoms with Crippen LogP contribution in [-0.4, -0.2) is 43.8 Å². The Hall–Kier alpha value is -3.24. The Morgan fingerprint density at radius 2 is 1.68 bits per heavy atom. The topological polar surface area (TPSA) is 86.8 Å². The first-order valence-electron chi connectivity index (χ1n) is 13.8. The van der Waals surface area contributed by atoms with Crippen molar-refractivity contribution >= 4 is 43.5 Å². The molecule has 0 heterocycles. The summed E-state index contributed by atoms with van der Waals surface area (Å²) in [7, 11) is -4.15. The van der Waals surface area contributed by atoms with Crippen LogP contribution < -0.4 is 9.62 Å². The molecule has 0 radical (unpaired) electrons. The molecule has 0 bridgehead atoms. The van der Waals surface area contributed by atoms with Crippen LogP contribution in [-0.2, 0) is 26.2 Å². The van der Waals surface area contributed by atoms with Crippen LogP contribution in [0.15, 0.2) is 82.2 Å². The van der Waals surface area contributed by atoms with Crippen molar-refractivity contribution in [3.63, 3.8) is 0 Å². The summed E-state index contributed by atoms with van der Waals surface area (Å²) in [6.07, 6.45) is 4.18. The molecule has 0 aliphatic heterocycles. The van der Waals surface area contributed by atoms with Gasteiger partial charge in [-0.05, 0) is 74.2 Å². The lowest BCUT2D eigenvalue weighted by Crippen LogP contribution is -2.53. The number of sulfonamides is 1. The molecule has 1 fully saturated rings. The van der Waals surface area contributed by atoms with E-state index in [0.29, 0.717) is 22.1 Å². The van der Waals surface area contributed by atoms with E-state index in [4.69, 9.17) is 0 Å². The number of benzene rings is 3. The number of halogens is 2. The van der Waals surface area contributed by atoms with Gasteiger partial charge < -0.3 is 10.2 Å². The highest BCUT2D eigenvalue weighted by atomic mass is 79.9. The molecule has 1 N–H and O–H groups in total. The summed E-state index contributed by atoms with van der Waals surface area (Å²) in [5.41, 5.74) is 1.83. The molecule has 1 saturated carbocycles. The Bertz CT molecular complexity index is 1460. The van der Waals surface area contributed by atoms with Crippen LogP contribution in [0.3, 0.4) is 0 Å². The molecule has 3 aromatic carbocycles. The first-order chi connectivity index (χ1) is 19.6. The average Bonchev–Trinajstić information content (AvgIpc) is 3.45. The van der Waals surface area contributed by atoms with E-state index < -0.39 is 34.3 Å². The first kappa shape index (κ1) is 30.7. The maximum atomic E-state index is 14.1. The van der Waals surface area contributed by atoms with Crippen molar-refractivity contribution in [3.8, 4) is 0 Å². The standard InChI is InChI=1S/C31H35BrFN3O4S/c1-3-29(31(38)34-26-8-4-5-9-26)35(20-23-13-15-25(33)16-14-23)30(37)21-36(27-10-6-7-24(32)19-27)41(39,40)28-17-11-22(2)12-18-28/h6-7,10-19,26,29H,3-5,8-9,20-21H2,1-2H3,(H,34,38)/t29-/m1/s1. The van der Waals surface area contributed by atoms with Gasteiger partial charge in [-0.2, -0.15) is 0 Å². The number of aryl methyl sites for hydroxylation is 1. The maximum Gasteiger partial charge on any atom is 0.264 e. The molecule has 0 saturated heterocycles. The van der Waals surface area contributed by atoms with Gasteiger partial charge in [0.15, 0.2) is 0 Å². The quantitative estimate of drug-likeness (QED) is 0.279. The molecule has 0 unspecified atom stereocenters. The van der Waals surface area contributed by atoms with Crippen LogP contribution >= 0.6 is 15.9 Å². The molecule has 1 aliphatic carbocycles. The predicted molar refractivity (Wildman–Crippen MR) is 161 cm³/mol. The third-order valence-electron chi connectivity index (χ3n) is 7.34. The van der Waals surface area contributed by atoms with Gasteiger partial charge in [0.25, 0.3) is 10.0 Å². The SMILES string of the molecule is CC[C@H](C(=O)NC1CCCC1)N(Cc1ccc(F)cc1)C(=O)CN(c1cccc(Br)c1)S(=O)(=O)c1ccc(C)cc1. The van der Waals surface area contributed by atoms with Crippen LogP contribution in [0.5, 0.6) is 0 Å². The van der Waals surface area contributed by atoms with E-state index in [-0.39, 0.29) is 23.4 Å². The van der Waals surface area contributed by atoms with Crippen LogP contribution in [0.25, 0.3) is 0 Å². The number of hydrogen-bond donors (Lipinski definition) is 1. The van der Waals surface area contributed by atoms with E-state index in [2.05, 4.69) is 21.2 Å². The second kappa shape index (κ2) is 13.6. The van der Waals surface area contributed by atoms with Gasteiger partial charge in [-0.3, -0.25) is 13.9 Å². The van der Waals surface area contributed by atoms with E-state index in [1.807, 2.05) is 13.8 Å². The summed E-state index contributed by atoms with van der Waals surface area (Å²) in [4.78, 5) is 29.0. The van der Waals surface area contributed by atoms with Crippen LogP contribution in [0.4, 0.5) is 10.1 Å². The van der Waals surface area contributed by atoms with Crippen molar-refractivity contribution in [2.45, 2.75) is 69.5 Å². The summed E-state index contributed by atoms with van der Waals surface area (Å²) in [6.45, 7) is 3.17. The second-order valence-electron chi connectivity index (χ2n) is 10.4. The van der Waals surface area contributed by atoms with Gasteiger partial charge in [0.05, 0.1) is 10.6 Å². The fourth-order valence-corrected chi connectivity index (χ4v) is 6.86. The highest BCUT2D eigenvalue weighted by Gasteiger charge is 2.34. The van der Waals surface area contributed by atoms with Gasteiger partial charge >= 0.3 is 0 Å². The lowest BCUT2D eigenvalue weighted by Gasteiger charge is -2.33. The van der Waals surface area contributed by atoms with Gasteiger partial charge in [0, 0.05) is 17.1 Å². The van der Waals surface area contributed by atoms with Gasteiger partial charge in [0.2, 0.25) is 11.8 Å². The minimum absolute atomic E-state index is 0.0204. The smallest absolute Gasteiger partial charge is 0.264 e. The number of carbonyl (C=O) groups excluding carboxylic acids is 2. The highest BCUT2D eigenvalue weighted by Crippen LogP contribution is 2.27. The second-order valence-corrected chi connectivity index (χ2v) is 13.1. The Morgan fingerprint density at radius 3 is 2.29 bits per heavy atom. The number of anilines is 1. The predicted octanol–water partition coefficient (Wildman–Crippen LogP) is 5.96. The fourth-order valence-electron chi connectivity index (χ4n) is 5.07. The summed E-state index contributed by atoms with van der Waals surface area (Å²) in [5, 5.41) is 3.08. The van der Waals surface area contributed by atoms with Crippen molar-refractivity contribution in [2.24, 2.45) is 0 Å². The number of nitrogens with one attached hydrogen (secondary N) is 1. The zero-order valence-corrected chi connectivity index (χ0v) is 25.6. The van der Waals surface area contributed by atoms with Crippen molar-refractivity contribution in [3.05, 3.63) is 94.2 Å². The van der Waals surface area contributed by atoms with Crippen LogP contribution in [0.2, 0.25) is 0 Å². The van der Waals surface area contributed by atoms with Gasteiger partial charge in [-0.15, -0.1) is 0 Å². The number of rotatable bonds is 11. The molecular weight excluding hydrogens is 609 g/mol. The van der Waals surface area contributed by atoms with Gasteiger partial charge in [-0.1, -0.05) is 71.6 Å². The van der Waals surface area contributed by atoms with E-state index >= 15 is 0 Å². The zero-order valence-electron chi connectivity index (χ0n) is 23.2. The first-order valence-corrected chi connectivity index (χ1v) is 16.0. The van der Waals surface area contributed by atoms with E-state index in [1.54, 1.807) is 48.5 Å². The molecule has 3 aromatic rings. The van der Waals surface area contributed by atoms with Crippen molar-refractivity contribution < 1.29 is 22.4 Å². The minimum atomic E-state index is -4.15. The molecule has 2 amide bonds. The summed E-state index contributed by atoms with van der Waals surface area (Å²) in [6, 6.07) is 18.1. The molecule has 10 heteroatoms. The van der Waals surface area contributed by atoms with Crippen LogP contribution in [0.1, 0.15) is 50.2 Å². The number of amides is 2. The largest absolute Gasteiger partial charge is 0.352 e. The lowest BCUT2D eigenvalue weighted by molar-refractivity contribution is -0.140. The summed E-state index contributed by atoms with van der Waals surface area (Å²) < 4.78 is 43.2. The monoisotopic (exact) mass is 643 g/mol. The maximum absolute atomic E-state index is 14.1. The zero-order chi connectivity index (χ0) is 29.6. The highest BCUT2D eigenvalue weighted by molar-refractivity contribution is 9.10. The number of nitrogens with zero attached hydrogens (tertiary/aromatic N) is 2. The van der Waals surface area contributed by atoms with E-state index in [9.17, 15) is 22.4 Å². The molecule has 218 valence electrons. The molecule has 4 rings (SSSR count). The third-order valence-corrected chi connectivity index (χ3v) is 9.62. The van der Waals surface area contributed by atoms with Gasteiger partial charge in [-0.25, -0.2) is 12.8 Å². The number of carbonyl (C=O) groups is 2. The molecule has 41 heavy (non-hydrogen) atoms. The number of hydrogen-bond acceptors (Lipinski definition) is 4. The molecule has 7 nitrogen and oxygen atoms in total. The molecule has 0 spiro atoms. The molecule has 1 aliphatic rings. The van der Waals surface area contributed by atoms with Gasteiger partial charge in [0.1, 0.15) is 18.4 Å². The lowest BCUT2D eigenvalue weighted by atomic mass is 10.1. The normalized spacial score (nSPS) is 14.4. The molecule has 0 aromatic heterocycles. The third kappa shape index (κ3) is 7.74. The van der Waals surface area contributed by atoms with Crippen molar-refractivity contribution in [2.75, 3.05) is 10.8 Å². The molecular formula is C31H35BrFN3O4S. The van der Waals surface area contributed by atoms with E-state index in [0.717, 1.165) is 35.6 Å². The van der Waals surface area contributed by atoms with Crippen LogP contribution in [0, 0.1) is 12.7 Å². The Kier molecular flexibility index (Phi) is 10.2.